The van der Waals surface area contributed by atoms with Crippen molar-refractivity contribution in [2.45, 2.75) is 19.0 Å². The van der Waals surface area contributed by atoms with Crippen LogP contribution in [-0.2, 0) is 0 Å². The van der Waals surface area contributed by atoms with Gasteiger partial charge >= 0.3 is 12.2 Å². The van der Waals surface area contributed by atoms with E-state index in [2.05, 4.69) is 10.6 Å². The third-order valence-electron chi connectivity index (χ3n) is 2.28. The van der Waals surface area contributed by atoms with Crippen molar-refractivity contribution in [1.29, 1.82) is 0 Å². The molecular weight excluding hydrogens is 269 g/mol. The highest BCUT2D eigenvalue weighted by Crippen LogP contribution is 2.34. The van der Waals surface area contributed by atoms with E-state index in [-0.39, 0.29) is 17.9 Å². The molecular formula is C11H12ClF3N2O. The van der Waals surface area contributed by atoms with Crippen molar-refractivity contribution in [2.24, 2.45) is 0 Å². The lowest BCUT2D eigenvalue weighted by Crippen LogP contribution is -2.31. The van der Waals surface area contributed by atoms with Crippen LogP contribution in [0.4, 0.5) is 18.0 Å². The van der Waals surface area contributed by atoms with Crippen molar-refractivity contribution in [1.82, 2.24) is 10.6 Å². The van der Waals surface area contributed by atoms with E-state index in [0.717, 1.165) is 0 Å². The van der Waals surface area contributed by atoms with Crippen LogP contribution in [0.15, 0.2) is 34.5 Å². The second kappa shape index (κ2) is 5.95. The van der Waals surface area contributed by atoms with Gasteiger partial charge in [-0.1, -0.05) is 23.8 Å². The van der Waals surface area contributed by atoms with Gasteiger partial charge in [-0.15, -0.1) is 0 Å². The summed E-state index contributed by atoms with van der Waals surface area (Å²) in [4.78, 5) is 11.1. The molecule has 0 bridgehead atoms. The molecule has 0 heterocycles. The number of hydrogen-bond donors (Lipinski definition) is 2. The zero-order chi connectivity index (χ0) is 13.8. The molecule has 0 aliphatic heterocycles. The maximum atomic E-state index is 12.7. The van der Waals surface area contributed by atoms with Gasteiger partial charge in [0, 0.05) is 24.2 Å². The number of rotatable bonds is 1. The number of carbonyl (C=O) groups is 1. The SMILES string of the molecule is CNC(=O)NC1=CC/C(C(F)(F)F)=C(/Cl)C/C=C\1. The Morgan fingerprint density at radius 1 is 1.39 bits per heavy atom. The molecule has 0 aromatic heterocycles. The second-order valence-electron chi connectivity index (χ2n) is 3.56. The third-order valence-corrected chi connectivity index (χ3v) is 2.66. The maximum absolute atomic E-state index is 12.7. The Morgan fingerprint density at radius 3 is 2.61 bits per heavy atom. The van der Waals surface area contributed by atoms with Crippen LogP contribution in [0.5, 0.6) is 0 Å². The lowest BCUT2D eigenvalue weighted by molar-refractivity contribution is -0.0934. The lowest BCUT2D eigenvalue weighted by Gasteiger charge is -2.15. The minimum atomic E-state index is -4.46. The summed E-state index contributed by atoms with van der Waals surface area (Å²) in [6.45, 7) is 0. The van der Waals surface area contributed by atoms with Crippen LogP contribution >= 0.6 is 11.6 Å². The fraction of sp³-hybridized carbons (Fsp3) is 0.364. The number of amides is 2. The van der Waals surface area contributed by atoms with Gasteiger partial charge in [0.05, 0.1) is 5.57 Å². The van der Waals surface area contributed by atoms with E-state index in [0.29, 0.717) is 5.70 Å². The molecule has 0 saturated carbocycles. The van der Waals surface area contributed by atoms with E-state index in [1.165, 1.54) is 25.3 Å². The Bertz CT molecular complexity index is 424. The Hall–Kier alpha value is -1.43. The summed E-state index contributed by atoms with van der Waals surface area (Å²) in [7, 11) is 1.42. The normalized spacial score (nSPS) is 22.6. The van der Waals surface area contributed by atoms with Gasteiger partial charge in [-0.05, 0) is 12.5 Å². The van der Waals surface area contributed by atoms with Gasteiger partial charge in [-0.25, -0.2) is 4.79 Å². The molecule has 2 amide bonds. The lowest BCUT2D eigenvalue weighted by atomic mass is 10.1. The van der Waals surface area contributed by atoms with E-state index in [4.69, 9.17) is 11.6 Å². The van der Waals surface area contributed by atoms with Crippen LogP contribution in [0.1, 0.15) is 12.8 Å². The first kappa shape index (κ1) is 14.6. The van der Waals surface area contributed by atoms with Crippen molar-refractivity contribution < 1.29 is 18.0 Å². The zero-order valence-corrected chi connectivity index (χ0v) is 10.3. The Kier molecular flexibility index (Phi) is 4.84. The number of allylic oxidation sites excluding steroid dienone is 5. The summed E-state index contributed by atoms with van der Waals surface area (Å²) in [5.74, 6) is 0. The molecule has 0 aromatic rings. The number of nitrogens with one attached hydrogen (secondary N) is 2. The fourth-order valence-corrected chi connectivity index (χ4v) is 1.63. The van der Waals surface area contributed by atoms with E-state index in [1.807, 2.05) is 0 Å². The molecule has 3 nitrogen and oxygen atoms in total. The first-order chi connectivity index (χ1) is 8.34. The molecule has 0 unspecified atom stereocenters. The molecule has 0 aromatic carbocycles. The molecule has 100 valence electrons. The molecule has 2 N–H and O–H groups in total. The molecule has 0 fully saturated rings. The number of alkyl halides is 3. The minimum Gasteiger partial charge on any atom is -0.341 e. The smallest absolute Gasteiger partial charge is 0.341 e. The highest BCUT2D eigenvalue weighted by atomic mass is 35.5. The summed E-state index contributed by atoms with van der Waals surface area (Å²) < 4.78 is 38.0. The van der Waals surface area contributed by atoms with Crippen molar-refractivity contribution >= 4 is 17.6 Å². The van der Waals surface area contributed by atoms with Crippen LogP contribution in [0.2, 0.25) is 0 Å². The third kappa shape index (κ3) is 4.10. The molecule has 0 saturated heterocycles. The van der Waals surface area contributed by atoms with Crippen molar-refractivity contribution in [3.8, 4) is 0 Å². The van der Waals surface area contributed by atoms with Crippen LogP contribution in [0.3, 0.4) is 0 Å². The van der Waals surface area contributed by atoms with E-state index in [1.54, 1.807) is 0 Å². The maximum Gasteiger partial charge on any atom is 0.414 e. The van der Waals surface area contributed by atoms with Gasteiger partial charge in [0.25, 0.3) is 0 Å². The van der Waals surface area contributed by atoms with E-state index < -0.39 is 17.8 Å². The summed E-state index contributed by atoms with van der Waals surface area (Å²) in [6, 6.07) is -0.491. The van der Waals surface area contributed by atoms with Crippen LogP contribution in [0.25, 0.3) is 0 Å². The molecule has 18 heavy (non-hydrogen) atoms. The molecule has 0 spiro atoms. The first-order valence-electron chi connectivity index (χ1n) is 5.14. The van der Waals surface area contributed by atoms with Crippen molar-refractivity contribution in [2.75, 3.05) is 7.05 Å². The number of carbonyl (C=O) groups excluding carboxylic acids is 1. The average molecular weight is 281 g/mol. The summed E-state index contributed by atoms with van der Waals surface area (Å²) in [5.41, 5.74) is -0.481. The molecule has 1 rings (SSSR count). The Labute approximate surface area is 107 Å². The Balaban J connectivity index is 2.92. The van der Waals surface area contributed by atoms with Gasteiger partial charge in [-0.3, -0.25) is 0 Å². The topological polar surface area (TPSA) is 41.1 Å². The highest BCUT2D eigenvalue weighted by molar-refractivity contribution is 6.30. The quantitative estimate of drug-likeness (QED) is 0.761. The minimum absolute atomic E-state index is 0.0108. The van der Waals surface area contributed by atoms with Crippen LogP contribution in [-0.4, -0.2) is 19.3 Å². The van der Waals surface area contributed by atoms with Gasteiger partial charge in [-0.2, -0.15) is 13.2 Å². The second-order valence-corrected chi connectivity index (χ2v) is 4.01. The van der Waals surface area contributed by atoms with Crippen molar-refractivity contribution in [3.63, 3.8) is 0 Å². The monoisotopic (exact) mass is 280 g/mol. The molecule has 7 heteroatoms. The summed E-state index contributed by atoms with van der Waals surface area (Å²) in [5, 5.41) is 4.50. The predicted octanol–water partition coefficient (Wildman–Crippen LogP) is 3.20. The number of hydrogen-bond acceptors (Lipinski definition) is 1. The van der Waals surface area contributed by atoms with E-state index >= 15 is 0 Å². The van der Waals surface area contributed by atoms with Crippen LogP contribution < -0.4 is 10.6 Å². The van der Waals surface area contributed by atoms with Crippen molar-refractivity contribution in [3.05, 3.63) is 34.5 Å². The first-order valence-corrected chi connectivity index (χ1v) is 5.52. The molecule has 1 aliphatic carbocycles. The predicted molar refractivity (Wildman–Crippen MR) is 63.0 cm³/mol. The number of urea groups is 1. The van der Waals surface area contributed by atoms with Gasteiger partial charge in [0.2, 0.25) is 0 Å². The van der Waals surface area contributed by atoms with Crippen LogP contribution in [0, 0.1) is 0 Å². The fourth-order valence-electron chi connectivity index (χ4n) is 1.36. The average Bonchev–Trinajstić information content (AvgIpc) is 2.24. The zero-order valence-electron chi connectivity index (χ0n) is 9.57. The van der Waals surface area contributed by atoms with E-state index in [9.17, 15) is 18.0 Å². The summed E-state index contributed by atoms with van der Waals surface area (Å²) in [6.07, 6.45) is -0.581. The van der Waals surface area contributed by atoms with Gasteiger partial charge in [0.1, 0.15) is 0 Å². The Morgan fingerprint density at radius 2 is 2.06 bits per heavy atom. The molecule has 0 radical (unpaired) electrons. The molecule has 0 atom stereocenters. The standard InChI is InChI=1S/C11H12ClF3N2O/c1-16-10(18)17-7-3-2-4-9(12)8(6-5-7)11(13,14)15/h2-3,5H,4,6H2,1H3,(H2,16,17,18)/b3-2-,7-5?,9-8-. The van der Waals surface area contributed by atoms with Gasteiger partial charge in [0.15, 0.2) is 0 Å². The number of halogens is 4. The largest absolute Gasteiger partial charge is 0.414 e. The summed E-state index contributed by atoms with van der Waals surface area (Å²) >= 11 is 5.60. The molecule has 1 aliphatic rings. The highest BCUT2D eigenvalue weighted by Gasteiger charge is 2.35. The van der Waals surface area contributed by atoms with Gasteiger partial charge < -0.3 is 10.6 Å².